The van der Waals surface area contributed by atoms with Crippen molar-refractivity contribution in [1.82, 2.24) is 4.90 Å². The van der Waals surface area contributed by atoms with Gasteiger partial charge in [-0.3, -0.25) is 0 Å². The van der Waals surface area contributed by atoms with Gasteiger partial charge >= 0.3 is 6.03 Å². The number of anilines is 1. The van der Waals surface area contributed by atoms with Gasteiger partial charge in [0.15, 0.2) is 11.5 Å². The molecule has 1 fully saturated rings. The number of fused-ring (bicyclic) bond motifs is 1. The highest BCUT2D eigenvalue weighted by atomic mass is 32.2. The van der Waals surface area contributed by atoms with Crippen LogP contribution in [0.15, 0.2) is 17.0 Å². The Labute approximate surface area is 134 Å². The Morgan fingerprint density at radius 1 is 1.27 bits per heavy atom. The largest absolute Gasteiger partial charge is 0.486 e. The molecule has 0 bridgehead atoms. The van der Waals surface area contributed by atoms with Gasteiger partial charge in [-0.25, -0.2) is 4.79 Å². The first-order valence-electron chi connectivity index (χ1n) is 7.32. The highest BCUT2D eigenvalue weighted by Gasteiger charge is 2.23. The number of nitrogens with one attached hydrogen (secondary N) is 1. The van der Waals surface area contributed by atoms with Crippen LogP contribution in [0.3, 0.4) is 0 Å². The van der Waals surface area contributed by atoms with E-state index in [-0.39, 0.29) is 12.1 Å². The molecule has 0 saturated carbocycles. The number of urea groups is 1. The fourth-order valence-electron chi connectivity index (χ4n) is 2.53. The van der Waals surface area contributed by atoms with Crippen molar-refractivity contribution in [2.45, 2.75) is 17.9 Å². The van der Waals surface area contributed by atoms with Crippen LogP contribution in [-0.4, -0.2) is 56.2 Å². The summed E-state index contributed by atoms with van der Waals surface area (Å²) in [5.41, 5.74) is 0.751. The Morgan fingerprint density at radius 2 is 2.00 bits per heavy atom. The molecule has 0 unspecified atom stereocenters. The first kappa shape index (κ1) is 15.3. The number of benzene rings is 1. The van der Waals surface area contributed by atoms with Crippen LogP contribution in [0.2, 0.25) is 0 Å². The lowest BCUT2D eigenvalue weighted by Gasteiger charge is -2.31. The van der Waals surface area contributed by atoms with Crippen LogP contribution in [0, 0.1) is 0 Å². The lowest BCUT2D eigenvalue weighted by molar-refractivity contribution is -0.00139. The summed E-state index contributed by atoms with van der Waals surface area (Å²) in [6.07, 6.45) is 2.04. The van der Waals surface area contributed by atoms with E-state index in [4.69, 9.17) is 14.2 Å². The lowest BCUT2D eigenvalue weighted by Crippen LogP contribution is -2.46. The molecule has 22 heavy (non-hydrogen) atoms. The molecule has 0 spiro atoms. The molecule has 2 amide bonds. The van der Waals surface area contributed by atoms with Crippen molar-refractivity contribution < 1.29 is 19.0 Å². The zero-order valence-corrected chi connectivity index (χ0v) is 13.6. The number of ether oxygens (including phenoxy) is 3. The molecule has 1 N–H and O–H groups in total. The third-order valence-corrected chi connectivity index (χ3v) is 4.41. The summed E-state index contributed by atoms with van der Waals surface area (Å²) in [7, 11) is 0. The van der Waals surface area contributed by atoms with E-state index < -0.39 is 0 Å². The fraction of sp³-hybridized carbons (Fsp3) is 0.533. The summed E-state index contributed by atoms with van der Waals surface area (Å²) < 4.78 is 16.6. The van der Waals surface area contributed by atoms with Gasteiger partial charge in [-0.2, -0.15) is 0 Å². The molecule has 2 aliphatic rings. The molecule has 7 heteroatoms. The number of nitrogens with zero attached hydrogens (tertiary/aromatic N) is 1. The summed E-state index contributed by atoms with van der Waals surface area (Å²) in [5, 5.41) is 2.98. The molecule has 3 rings (SSSR count). The van der Waals surface area contributed by atoms with Crippen molar-refractivity contribution in [3.63, 3.8) is 0 Å². The van der Waals surface area contributed by atoms with Gasteiger partial charge in [0.05, 0.1) is 18.4 Å². The van der Waals surface area contributed by atoms with Crippen molar-refractivity contribution >= 4 is 23.5 Å². The van der Waals surface area contributed by atoms with Gasteiger partial charge in [-0.15, -0.1) is 11.8 Å². The second kappa shape index (κ2) is 6.66. The van der Waals surface area contributed by atoms with Gasteiger partial charge in [0.1, 0.15) is 13.2 Å². The highest BCUT2D eigenvalue weighted by Crippen LogP contribution is 2.39. The van der Waals surface area contributed by atoms with Crippen LogP contribution < -0.4 is 14.8 Å². The van der Waals surface area contributed by atoms with Crippen molar-refractivity contribution in [2.75, 3.05) is 44.5 Å². The van der Waals surface area contributed by atoms with Crippen LogP contribution in [0.4, 0.5) is 10.5 Å². The second-order valence-electron chi connectivity index (χ2n) is 5.25. The summed E-state index contributed by atoms with van der Waals surface area (Å²) in [5.74, 6) is 1.41. The number of amides is 2. The summed E-state index contributed by atoms with van der Waals surface area (Å²) in [6.45, 7) is 4.83. The maximum Gasteiger partial charge on any atom is 0.322 e. The highest BCUT2D eigenvalue weighted by molar-refractivity contribution is 7.98. The van der Waals surface area contributed by atoms with Crippen LogP contribution in [0.5, 0.6) is 11.5 Å². The quantitative estimate of drug-likeness (QED) is 0.847. The molecule has 1 saturated heterocycles. The third-order valence-electron chi connectivity index (χ3n) is 3.63. The van der Waals surface area contributed by atoms with Crippen molar-refractivity contribution in [3.05, 3.63) is 12.1 Å². The molecule has 0 aliphatic carbocycles. The Kier molecular flexibility index (Phi) is 4.63. The zero-order chi connectivity index (χ0) is 15.5. The summed E-state index contributed by atoms with van der Waals surface area (Å²) >= 11 is 1.56. The van der Waals surface area contributed by atoms with Crippen LogP contribution in [-0.2, 0) is 4.74 Å². The normalized spacial score (nSPS) is 20.6. The smallest absolute Gasteiger partial charge is 0.322 e. The molecule has 2 aliphatic heterocycles. The van der Waals surface area contributed by atoms with E-state index in [9.17, 15) is 4.79 Å². The summed E-state index contributed by atoms with van der Waals surface area (Å²) in [4.78, 5) is 15.2. The Bertz CT molecular complexity index is 567. The van der Waals surface area contributed by atoms with E-state index in [0.29, 0.717) is 38.7 Å². The molecule has 1 aromatic carbocycles. The zero-order valence-electron chi connectivity index (χ0n) is 12.8. The topological polar surface area (TPSA) is 60.0 Å². The molecule has 6 nitrogen and oxygen atoms in total. The van der Waals surface area contributed by atoms with E-state index in [2.05, 4.69) is 5.32 Å². The van der Waals surface area contributed by atoms with E-state index >= 15 is 0 Å². The Balaban J connectivity index is 1.77. The van der Waals surface area contributed by atoms with Gasteiger partial charge < -0.3 is 24.4 Å². The lowest BCUT2D eigenvalue weighted by atomic mass is 10.2. The number of hydrogen-bond donors (Lipinski definition) is 1. The van der Waals surface area contributed by atoms with Gasteiger partial charge in [-0.05, 0) is 19.2 Å². The number of hydrogen-bond acceptors (Lipinski definition) is 5. The Morgan fingerprint density at radius 3 is 2.68 bits per heavy atom. The van der Waals surface area contributed by atoms with E-state index in [1.165, 1.54) is 0 Å². The minimum absolute atomic E-state index is 0.0692. The number of thioether (sulfide) groups is 1. The minimum atomic E-state index is -0.109. The van der Waals surface area contributed by atoms with Crippen LogP contribution in [0.25, 0.3) is 0 Å². The minimum Gasteiger partial charge on any atom is -0.486 e. The predicted octanol–water partition coefficient (Wildman–Crippen LogP) is 2.43. The maximum absolute atomic E-state index is 12.4. The number of rotatable bonds is 2. The average Bonchev–Trinajstić information content (AvgIpc) is 2.54. The van der Waals surface area contributed by atoms with E-state index in [0.717, 1.165) is 16.3 Å². The van der Waals surface area contributed by atoms with Gasteiger partial charge in [-0.1, -0.05) is 0 Å². The van der Waals surface area contributed by atoms with Crippen molar-refractivity contribution in [3.8, 4) is 11.5 Å². The van der Waals surface area contributed by atoms with Gasteiger partial charge in [0, 0.05) is 24.1 Å². The summed E-state index contributed by atoms with van der Waals surface area (Å²) in [6, 6.07) is 3.64. The number of carbonyl (C=O) groups is 1. The molecular weight excluding hydrogens is 304 g/mol. The first-order chi connectivity index (χ1) is 10.7. The monoisotopic (exact) mass is 324 g/mol. The third kappa shape index (κ3) is 3.25. The molecule has 2 heterocycles. The van der Waals surface area contributed by atoms with Crippen LogP contribution in [0.1, 0.15) is 6.92 Å². The Hall–Kier alpha value is -1.60. The molecule has 1 aromatic rings. The molecule has 0 aromatic heterocycles. The molecular formula is C15H20N2O4S. The van der Waals surface area contributed by atoms with Crippen molar-refractivity contribution in [1.29, 1.82) is 0 Å². The van der Waals surface area contributed by atoms with E-state index in [1.807, 2.05) is 25.3 Å². The first-order valence-corrected chi connectivity index (χ1v) is 8.55. The number of morpholine rings is 1. The second-order valence-corrected chi connectivity index (χ2v) is 6.10. The maximum atomic E-state index is 12.4. The van der Waals surface area contributed by atoms with E-state index in [1.54, 1.807) is 16.7 Å². The van der Waals surface area contributed by atoms with Crippen molar-refractivity contribution in [2.24, 2.45) is 0 Å². The molecule has 1 atom stereocenters. The number of carbonyl (C=O) groups excluding carboxylic acids is 1. The van der Waals surface area contributed by atoms with Crippen LogP contribution >= 0.6 is 11.8 Å². The van der Waals surface area contributed by atoms with Gasteiger partial charge in [0.25, 0.3) is 0 Å². The predicted molar refractivity (Wildman–Crippen MR) is 85.2 cm³/mol. The molecule has 0 radical (unpaired) electrons. The standard InChI is InChI=1S/C15H20N2O4S/c1-10-9-17(3-4-19-10)15(18)16-11-7-12-13(8-14(11)22-2)21-6-5-20-12/h7-8,10H,3-6,9H2,1-2H3,(H,16,18)/t10-/m1/s1. The molecule has 120 valence electrons. The van der Waals surface area contributed by atoms with Gasteiger partial charge in [0.2, 0.25) is 0 Å². The average molecular weight is 324 g/mol. The SMILES string of the molecule is CSc1cc2c(cc1NC(=O)N1CCO[C@H](C)C1)OCCO2. The fourth-order valence-corrected chi connectivity index (χ4v) is 3.09.